The quantitative estimate of drug-likeness (QED) is 0.926. The van der Waals surface area contributed by atoms with E-state index in [-0.39, 0.29) is 11.3 Å². The summed E-state index contributed by atoms with van der Waals surface area (Å²) < 4.78 is 24.6. The second kappa shape index (κ2) is 5.63. The average molecular weight is 281 g/mol. The zero-order chi connectivity index (χ0) is 14.0. The van der Waals surface area contributed by atoms with Gasteiger partial charge in [0.1, 0.15) is 0 Å². The predicted molar refractivity (Wildman–Crippen MR) is 79.1 cm³/mol. The minimum atomic E-state index is -2.98. The van der Waals surface area contributed by atoms with Gasteiger partial charge in [-0.1, -0.05) is 30.2 Å². The van der Waals surface area contributed by atoms with Crippen LogP contribution in [-0.4, -0.2) is 26.5 Å². The highest BCUT2D eigenvalue weighted by Gasteiger charge is 2.36. The molecule has 1 aromatic rings. The zero-order valence-electron chi connectivity index (χ0n) is 11.9. The zero-order valence-corrected chi connectivity index (χ0v) is 12.8. The van der Waals surface area contributed by atoms with E-state index in [1.54, 1.807) is 0 Å². The third kappa shape index (κ3) is 3.00. The third-order valence-corrected chi connectivity index (χ3v) is 6.37. The van der Waals surface area contributed by atoms with Gasteiger partial charge < -0.3 is 5.32 Å². The fourth-order valence-corrected chi connectivity index (χ4v) is 5.12. The van der Waals surface area contributed by atoms with Gasteiger partial charge in [-0.25, -0.2) is 8.42 Å². The number of nitrogens with one attached hydrogen (secondary N) is 1. The molecule has 0 saturated carbocycles. The maximum atomic E-state index is 12.3. The summed E-state index contributed by atoms with van der Waals surface area (Å²) in [7, 11) is -1.12. The lowest BCUT2D eigenvalue weighted by Crippen LogP contribution is -2.39. The van der Waals surface area contributed by atoms with Crippen LogP contribution in [0.15, 0.2) is 18.2 Å². The summed E-state index contributed by atoms with van der Waals surface area (Å²) in [4.78, 5) is 0. The normalized spacial score (nSPS) is 24.1. The highest BCUT2D eigenvalue weighted by atomic mass is 32.2. The van der Waals surface area contributed by atoms with Crippen molar-refractivity contribution in [2.75, 3.05) is 12.8 Å². The van der Waals surface area contributed by atoms with E-state index in [2.05, 4.69) is 30.4 Å². The first-order valence-corrected chi connectivity index (χ1v) is 8.63. The van der Waals surface area contributed by atoms with Gasteiger partial charge in [0.25, 0.3) is 0 Å². The number of rotatable bonds is 3. The molecule has 1 heterocycles. The van der Waals surface area contributed by atoms with Gasteiger partial charge in [0.15, 0.2) is 9.84 Å². The highest BCUT2D eigenvalue weighted by molar-refractivity contribution is 7.92. The second-order valence-electron chi connectivity index (χ2n) is 5.53. The molecule has 0 amide bonds. The number of sulfone groups is 1. The summed E-state index contributed by atoms with van der Waals surface area (Å²) in [6.07, 6.45) is 2.58. The molecule has 2 unspecified atom stereocenters. The van der Waals surface area contributed by atoms with Crippen molar-refractivity contribution in [1.29, 1.82) is 0 Å². The third-order valence-electron chi connectivity index (χ3n) is 4.08. The Morgan fingerprint density at radius 1 is 1.26 bits per heavy atom. The maximum Gasteiger partial charge on any atom is 0.155 e. The van der Waals surface area contributed by atoms with Crippen molar-refractivity contribution in [2.45, 2.75) is 44.4 Å². The van der Waals surface area contributed by atoms with Gasteiger partial charge >= 0.3 is 0 Å². The first-order chi connectivity index (χ1) is 8.95. The molecule has 0 spiro atoms. The monoisotopic (exact) mass is 281 g/mol. The summed E-state index contributed by atoms with van der Waals surface area (Å²) >= 11 is 0. The van der Waals surface area contributed by atoms with Gasteiger partial charge in [0.05, 0.1) is 11.0 Å². The molecule has 0 radical (unpaired) electrons. The Morgan fingerprint density at radius 3 is 2.63 bits per heavy atom. The smallest absolute Gasteiger partial charge is 0.155 e. The fraction of sp³-hybridized carbons (Fsp3) is 0.600. The van der Waals surface area contributed by atoms with Gasteiger partial charge in [0, 0.05) is 6.04 Å². The molecule has 1 saturated heterocycles. The van der Waals surface area contributed by atoms with Crippen molar-refractivity contribution in [3.8, 4) is 0 Å². The molecule has 4 heteroatoms. The fourth-order valence-electron chi connectivity index (χ4n) is 2.99. The Hall–Kier alpha value is -0.870. The van der Waals surface area contributed by atoms with Gasteiger partial charge in [-0.15, -0.1) is 0 Å². The Kier molecular flexibility index (Phi) is 4.31. The Labute approximate surface area is 116 Å². The number of benzene rings is 1. The average Bonchev–Trinajstić information content (AvgIpc) is 2.36. The number of hydrogen-bond donors (Lipinski definition) is 1. The van der Waals surface area contributed by atoms with E-state index in [0.717, 1.165) is 30.4 Å². The molecule has 3 nitrogen and oxygen atoms in total. The van der Waals surface area contributed by atoms with Crippen LogP contribution in [-0.2, 0) is 9.84 Å². The summed E-state index contributed by atoms with van der Waals surface area (Å²) in [5.41, 5.74) is 3.46. The largest absolute Gasteiger partial charge is 0.312 e. The van der Waals surface area contributed by atoms with Gasteiger partial charge in [-0.3, -0.25) is 0 Å². The van der Waals surface area contributed by atoms with Crippen LogP contribution < -0.4 is 5.32 Å². The van der Waals surface area contributed by atoms with Crippen LogP contribution in [0.4, 0.5) is 0 Å². The summed E-state index contributed by atoms with van der Waals surface area (Å²) in [5, 5.41) is 2.95. The lowest BCUT2D eigenvalue weighted by molar-refractivity contribution is 0.468. The first kappa shape index (κ1) is 14.5. The Bertz CT molecular complexity index is 551. The molecular formula is C15H23NO2S. The summed E-state index contributed by atoms with van der Waals surface area (Å²) in [6, 6.07) is 6.16. The Morgan fingerprint density at radius 2 is 2.00 bits per heavy atom. The summed E-state index contributed by atoms with van der Waals surface area (Å²) in [6.45, 7) is 4.10. The van der Waals surface area contributed by atoms with E-state index in [1.165, 1.54) is 5.56 Å². The molecule has 2 rings (SSSR count). The maximum absolute atomic E-state index is 12.3. The van der Waals surface area contributed by atoms with Gasteiger partial charge in [-0.2, -0.15) is 0 Å². The molecule has 1 fully saturated rings. The van der Waals surface area contributed by atoms with Gasteiger partial charge in [-0.05, 0) is 44.9 Å². The van der Waals surface area contributed by atoms with Crippen LogP contribution in [0.2, 0.25) is 0 Å². The lowest BCUT2D eigenvalue weighted by Gasteiger charge is -2.31. The van der Waals surface area contributed by atoms with Crippen LogP contribution in [0.5, 0.6) is 0 Å². The van der Waals surface area contributed by atoms with Crippen LogP contribution in [0, 0.1) is 13.8 Å². The van der Waals surface area contributed by atoms with E-state index >= 15 is 0 Å². The van der Waals surface area contributed by atoms with E-state index in [9.17, 15) is 8.42 Å². The second-order valence-corrected chi connectivity index (χ2v) is 7.87. The van der Waals surface area contributed by atoms with Gasteiger partial charge in [0.2, 0.25) is 0 Å². The van der Waals surface area contributed by atoms with E-state index in [4.69, 9.17) is 0 Å². The molecule has 2 atom stereocenters. The SMILES string of the molecule is CNC(c1cc(C)ccc1C)C1CCCCS1(=O)=O. The van der Waals surface area contributed by atoms with Crippen LogP contribution >= 0.6 is 0 Å². The Balaban J connectivity index is 2.41. The van der Waals surface area contributed by atoms with E-state index in [0.29, 0.717) is 5.75 Å². The number of aryl methyl sites for hydroxylation is 2. The molecule has 1 N–H and O–H groups in total. The molecular weight excluding hydrogens is 258 g/mol. The molecule has 19 heavy (non-hydrogen) atoms. The molecule has 0 bridgehead atoms. The lowest BCUT2D eigenvalue weighted by atomic mass is 9.94. The van der Waals surface area contributed by atoms with Crippen LogP contribution in [0.1, 0.15) is 42.0 Å². The van der Waals surface area contributed by atoms with E-state index < -0.39 is 9.84 Å². The van der Waals surface area contributed by atoms with Crippen LogP contribution in [0.25, 0.3) is 0 Å². The van der Waals surface area contributed by atoms with Crippen molar-refractivity contribution in [2.24, 2.45) is 0 Å². The first-order valence-electron chi connectivity index (χ1n) is 6.91. The minimum Gasteiger partial charge on any atom is -0.312 e. The van der Waals surface area contributed by atoms with Crippen molar-refractivity contribution < 1.29 is 8.42 Å². The number of hydrogen-bond acceptors (Lipinski definition) is 3. The molecule has 1 aromatic carbocycles. The van der Waals surface area contributed by atoms with Crippen molar-refractivity contribution in [3.05, 3.63) is 34.9 Å². The van der Waals surface area contributed by atoms with Crippen molar-refractivity contribution in [3.63, 3.8) is 0 Å². The molecule has 106 valence electrons. The van der Waals surface area contributed by atoms with E-state index in [1.807, 2.05) is 14.0 Å². The van der Waals surface area contributed by atoms with Crippen molar-refractivity contribution in [1.82, 2.24) is 5.32 Å². The summed E-state index contributed by atoms with van der Waals surface area (Å²) in [5.74, 6) is 0.334. The molecule has 1 aliphatic heterocycles. The molecule has 0 aromatic heterocycles. The molecule has 1 aliphatic rings. The standard InChI is InChI=1S/C15H23NO2S/c1-11-7-8-12(2)13(10-11)15(16-3)14-6-4-5-9-19(14,17)18/h7-8,10,14-16H,4-6,9H2,1-3H3. The highest BCUT2D eigenvalue weighted by Crippen LogP contribution is 2.32. The minimum absolute atomic E-state index is 0.0924. The molecule has 0 aliphatic carbocycles. The predicted octanol–water partition coefficient (Wildman–Crippen LogP) is 2.53. The van der Waals surface area contributed by atoms with Crippen molar-refractivity contribution >= 4 is 9.84 Å². The van der Waals surface area contributed by atoms with Crippen LogP contribution in [0.3, 0.4) is 0 Å². The topological polar surface area (TPSA) is 46.2 Å².